The molecule has 0 aromatic carbocycles. The Bertz CT molecular complexity index is 423. The molecule has 1 saturated carbocycles. The van der Waals surface area contributed by atoms with Crippen LogP contribution in [0.3, 0.4) is 0 Å². The van der Waals surface area contributed by atoms with Gasteiger partial charge in [0, 0.05) is 0 Å². The van der Waals surface area contributed by atoms with Crippen molar-refractivity contribution in [1.82, 2.24) is 0 Å². The van der Waals surface area contributed by atoms with Gasteiger partial charge in [0.25, 0.3) is 0 Å². The van der Waals surface area contributed by atoms with Crippen molar-refractivity contribution >= 4 is 0 Å². The summed E-state index contributed by atoms with van der Waals surface area (Å²) in [7, 11) is 0. The average molecular weight is 533 g/mol. The molecule has 0 aliphatic heterocycles. The molecule has 0 amide bonds. The van der Waals surface area contributed by atoms with Gasteiger partial charge in [0.2, 0.25) is 0 Å². The van der Waals surface area contributed by atoms with E-state index in [0.29, 0.717) is 5.41 Å². The summed E-state index contributed by atoms with van der Waals surface area (Å²) in [5.41, 5.74) is 0.702. The van der Waals surface area contributed by atoms with Gasteiger partial charge in [0.1, 0.15) is 0 Å². The van der Waals surface area contributed by atoms with E-state index in [4.69, 9.17) is 0 Å². The van der Waals surface area contributed by atoms with Crippen molar-refractivity contribution in [3.05, 3.63) is 0 Å². The van der Waals surface area contributed by atoms with Crippen LogP contribution < -0.4 is 0 Å². The summed E-state index contributed by atoms with van der Waals surface area (Å²) in [5, 5.41) is 0. The molecule has 228 valence electrons. The van der Waals surface area contributed by atoms with Crippen LogP contribution in [0.4, 0.5) is 0 Å². The number of hydrogen-bond acceptors (Lipinski definition) is 0. The van der Waals surface area contributed by atoms with Gasteiger partial charge in [-0.2, -0.15) is 0 Å². The first-order chi connectivity index (χ1) is 18.7. The molecule has 38 heavy (non-hydrogen) atoms. The van der Waals surface area contributed by atoms with Gasteiger partial charge < -0.3 is 0 Å². The van der Waals surface area contributed by atoms with Gasteiger partial charge in [-0.05, 0) is 42.9 Å². The van der Waals surface area contributed by atoms with Crippen LogP contribution in [-0.2, 0) is 0 Å². The summed E-state index contributed by atoms with van der Waals surface area (Å²) in [4.78, 5) is 0. The lowest BCUT2D eigenvalue weighted by Gasteiger charge is -2.43. The smallest absolute Gasteiger partial charge is 0.0292 e. The highest BCUT2D eigenvalue weighted by Gasteiger charge is 2.36. The number of rotatable bonds is 28. The van der Waals surface area contributed by atoms with E-state index in [2.05, 4.69) is 27.7 Å². The third-order valence-corrected chi connectivity index (χ3v) is 10.2. The zero-order chi connectivity index (χ0) is 27.6. The van der Waals surface area contributed by atoms with E-state index in [9.17, 15) is 0 Å². The molecular formula is C38H76. The number of hydrogen-bond donors (Lipinski definition) is 0. The van der Waals surface area contributed by atoms with Gasteiger partial charge in [0.15, 0.2) is 0 Å². The largest absolute Gasteiger partial charge is 0.0654 e. The Morgan fingerprint density at radius 3 is 1.00 bits per heavy atom. The number of unbranched alkanes of at least 4 members (excludes halogenated alkanes) is 16. The summed E-state index contributed by atoms with van der Waals surface area (Å²) < 4.78 is 0. The fourth-order valence-corrected chi connectivity index (χ4v) is 7.86. The zero-order valence-electron chi connectivity index (χ0n) is 27.6. The SMILES string of the molecule is CCCCCCCCC(CCCCCC)CC1(CC(CCCCCC)CCCCCCCC)CCCCC1. The van der Waals surface area contributed by atoms with Gasteiger partial charge in [-0.3, -0.25) is 0 Å². The lowest BCUT2D eigenvalue weighted by atomic mass is 9.63. The Hall–Kier alpha value is 0. The predicted octanol–water partition coefficient (Wildman–Crippen LogP) is 14.4. The van der Waals surface area contributed by atoms with E-state index >= 15 is 0 Å². The molecule has 1 fully saturated rings. The van der Waals surface area contributed by atoms with Crippen LogP contribution in [0.15, 0.2) is 0 Å². The molecule has 1 aliphatic rings. The molecule has 0 aromatic rings. The summed E-state index contributed by atoms with van der Waals surface area (Å²) >= 11 is 0. The van der Waals surface area contributed by atoms with Crippen molar-refractivity contribution in [3.8, 4) is 0 Å². The first-order valence-electron chi connectivity index (χ1n) is 18.7. The maximum absolute atomic E-state index is 2.37. The van der Waals surface area contributed by atoms with E-state index in [1.165, 1.54) is 161 Å². The second kappa shape index (κ2) is 25.9. The maximum atomic E-state index is 2.37. The Kier molecular flexibility index (Phi) is 24.6. The van der Waals surface area contributed by atoms with Crippen LogP contribution in [0, 0.1) is 17.3 Å². The van der Waals surface area contributed by atoms with E-state index in [0.717, 1.165) is 11.8 Å². The van der Waals surface area contributed by atoms with Crippen molar-refractivity contribution in [1.29, 1.82) is 0 Å². The van der Waals surface area contributed by atoms with Crippen LogP contribution in [0.2, 0.25) is 0 Å². The Balaban J connectivity index is 2.77. The fourth-order valence-electron chi connectivity index (χ4n) is 7.86. The van der Waals surface area contributed by atoms with E-state index in [1.54, 1.807) is 38.5 Å². The minimum atomic E-state index is 0.702. The minimum Gasteiger partial charge on any atom is -0.0654 e. The quantitative estimate of drug-likeness (QED) is 0.0879. The Morgan fingerprint density at radius 2 is 0.658 bits per heavy atom. The molecule has 0 spiro atoms. The average Bonchev–Trinajstić information content (AvgIpc) is 2.93. The van der Waals surface area contributed by atoms with Gasteiger partial charge in [0.05, 0.1) is 0 Å². The van der Waals surface area contributed by atoms with Gasteiger partial charge in [-0.1, -0.05) is 201 Å². The van der Waals surface area contributed by atoms with Crippen LogP contribution in [-0.4, -0.2) is 0 Å². The molecule has 2 atom stereocenters. The van der Waals surface area contributed by atoms with Crippen molar-refractivity contribution in [3.63, 3.8) is 0 Å². The van der Waals surface area contributed by atoms with Crippen molar-refractivity contribution < 1.29 is 0 Å². The highest BCUT2D eigenvalue weighted by atomic mass is 14.4. The van der Waals surface area contributed by atoms with Crippen molar-refractivity contribution in [2.45, 2.75) is 227 Å². The van der Waals surface area contributed by atoms with Crippen LogP contribution in [0.25, 0.3) is 0 Å². The monoisotopic (exact) mass is 533 g/mol. The summed E-state index contributed by atoms with van der Waals surface area (Å²) in [6.07, 6.45) is 46.2. The fraction of sp³-hybridized carbons (Fsp3) is 1.00. The molecule has 0 heterocycles. The zero-order valence-corrected chi connectivity index (χ0v) is 27.6. The molecule has 2 unspecified atom stereocenters. The standard InChI is InChI=1S/C38H76/c1-5-9-13-17-19-24-30-36(28-22-15-11-7-3)34-38(32-26-21-27-33-38)35-37(29-23-16-12-8-4)31-25-20-18-14-10-6-2/h36-37H,5-35H2,1-4H3. The van der Waals surface area contributed by atoms with Crippen molar-refractivity contribution in [2.75, 3.05) is 0 Å². The Morgan fingerprint density at radius 1 is 0.368 bits per heavy atom. The van der Waals surface area contributed by atoms with Crippen LogP contribution >= 0.6 is 0 Å². The van der Waals surface area contributed by atoms with E-state index in [-0.39, 0.29) is 0 Å². The second-order valence-corrected chi connectivity index (χ2v) is 14.0. The first-order valence-corrected chi connectivity index (χ1v) is 18.7. The molecular weight excluding hydrogens is 456 g/mol. The predicted molar refractivity (Wildman–Crippen MR) is 175 cm³/mol. The second-order valence-electron chi connectivity index (χ2n) is 14.0. The summed E-state index contributed by atoms with van der Waals surface area (Å²) in [5.74, 6) is 2.04. The topological polar surface area (TPSA) is 0 Å². The molecule has 0 N–H and O–H groups in total. The lowest BCUT2D eigenvalue weighted by Crippen LogP contribution is -2.30. The summed E-state index contributed by atoms with van der Waals surface area (Å²) in [6, 6.07) is 0. The molecule has 0 saturated heterocycles. The van der Waals surface area contributed by atoms with Crippen LogP contribution in [0.5, 0.6) is 0 Å². The van der Waals surface area contributed by atoms with Crippen molar-refractivity contribution in [2.24, 2.45) is 17.3 Å². The first kappa shape index (κ1) is 36.0. The molecule has 0 heteroatoms. The summed E-state index contributed by atoms with van der Waals surface area (Å²) in [6.45, 7) is 9.43. The normalized spacial score (nSPS) is 17.1. The third-order valence-electron chi connectivity index (χ3n) is 10.2. The van der Waals surface area contributed by atoms with E-state index in [1.807, 2.05) is 0 Å². The maximum Gasteiger partial charge on any atom is -0.0292 e. The highest BCUT2D eigenvalue weighted by Crippen LogP contribution is 2.49. The molecule has 0 aromatic heterocycles. The Labute approximate surface area is 243 Å². The van der Waals surface area contributed by atoms with Gasteiger partial charge >= 0.3 is 0 Å². The van der Waals surface area contributed by atoms with Gasteiger partial charge in [-0.15, -0.1) is 0 Å². The lowest BCUT2D eigenvalue weighted by molar-refractivity contribution is 0.0901. The molecule has 0 radical (unpaired) electrons. The minimum absolute atomic E-state index is 0.702. The molecule has 1 rings (SSSR count). The van der Waals surface area contributed by atoms with Gasteiger partial charge in [-0.25, -0.2) is 0 Å². The molecule has 1 aliphatic carbocycles. The molecule has 0 nitrogen and oxygen atoms in total. The third kappa shape index (κ3) is 19.1. The molecule has 0 bridgehead atoms. The van der Waals surface area contributed by atoms with Crippen LogP contribution in [0.1, 0.15) is 227 Å². The highest BCUT2D eigenvalue weighted by molar-refractivity contribution is 4.87. The van der Waals surface area contributed by atoms with E-state index < -0.39 is 0 Å².